The molecule has 0 saturated heterocycles. The van der Waals surface area contributed by atoms with Crippen molar-refractivity contribution in [1.82, 2.24) is 0 Å². The predicted octanol–water partition coefficient (Wildman–Crippen LogP) is 0.683. The van der Waals surface area contributed by atoms with Crippen molar-refractivity contribution in [2.45, 2.75) is 18.9 Å². The molecule has 0 aliphatic carbocycles. The fourth-order valence-electron chi connectivity index (χ4n) is 1.75. The lowest BCUT2D eigenvalue weighted by atomic mass is 10.0. The molecule has 5 heteroatoms. The Hall–Kier alpha value is -1.17. The number of methoxy groups -OCH3 is 1. The van der Waals surface area contributed by atoms with Gasteiger partial charge in [-0.1, -0.05) is 0 Å². The van der Waals surface area contributed by atoms with Crippen molar-refractivity contribution in [3.05, 3.63) is 29.1 Å². The molecule has 0 amide bonds. The zero-order valence-electron chi connectivity index (χ0n) is 8.24. The van der Waals surface area contributed by atoms with E-state index in [0.29, 0.717) is 11.3 Å². The standard InChI is InChI=1S/C10H12FNO3/c1-14-10-9(13)8-5(4-12)6(11)2-3-7(8)15-10/h2-3,9-10,13H,4,12H2,1H3. The SMILES string of the molecule is COC1Oc2ccc(F)c(CN)c2C1O. The summed E-state index contributed by atoms with van der Waals surface area (Å²) in [4.78, 5) is 0. The summed E-state index contributed by atoms with van der Waals surface area (Å²) in [5, 5.41) is 9.81. The Morgan fingerprint density at radius 3 is 2.93 bits per heavy atom. The number of hydrogen-bond donors (Lipinski definition) is 2. The maximum Gasteiger partial charge on any atom is 0.230 e. The van der Waals surface area contributed by atoms with Crippen molar-refractivity contribution >= 4 is 0 Å². The van der Waals surface area contributed by atoms with Crippen LogP contribution < -0.4 is 10.5 Å². The second kappa shape index (κ2) is 3.77. The molecule has 82 valence electrons. The fourth-order valence-corrected chi connectivity index (χ4v) is 1.75. The van der Waals surface area contributed by atoms with Crippen molar-refractivity contribution in [3.8, 4) is 5.75 Å². The Kier molecular flexibility index (Phi) is 2.60. The quantitative estimate of drug-likeness (QED) is 0.758. The summed E-state index contributed by atoms with van der Waals surface area (Å²) < 4.78 is 23.5. The summed E-state index contributed by atoms with van der Waals surface area (Å²) in [7, 11) is 1.41. The molecule has 0 fully saturated rings. The smallest absolute Gasteiger partial charge is 0.230 e. The van der Waals surface area contributed by atoms with Gasteiger partial charge in [0.1, 0.15) is 17.7 Å². The van der Waals surface area contributed by atoms with E-state index >= 15 is 0 Å². The molecule has 1 aliphatic rings. The number of benzene rings is 1. The van der Waals surface area contributed by atoms with E-state index in [1.807, 2.05) is 0 Å². The molecular weight excluding hydrogens is 201 g/mol. The second-order valence-electron chi connectivity index (χ2n) is 3.31. The Labute approximate surface area is 86.4 Å². The van der Waals surface area contributed by atoms with Gasteiger partial charge in [-0.3, -0.25) is 0 Å². The maximum atomic E-state index is 13.4. The van der Waals surface area contributed by atoms with Crippen LogP contribution >= 0.6 is 0 Å². The van der Waals surface area contributed by atoms with Crippen LogP contribution in [0.4, 0.5) is 4.39 Å². The van der Waals surface area contributed by atoms with Gasteiger partial charge in [0.25, 0.3) is 0 Å². The lowest BCUT2D eigenvalue weighted by molar-refractivity contribution is -0.109. The average Bonchev–Trinajstić information content (AvgIpc) is 2.56. The molecule has 0 radical (unpaired) electrons. The Morgan fingerprint density at radius 1 is 1.60 bits per heavy atom. The van der Waals surface area contributed by atoms with E-state index in [9.17, 15) is 9.50 Å². The van der Waals surface area contributed by atoms with Crippen LogP contribution in [-0.2, 0) is 11.3 Å². The molecule has 1 heterocycles. The molecule has 3 N–H and O–H groups in total. The van der Waals surface area contributed by atoms with E-state index in [4.69, 9.17) is 15.2 Å². The number of rotatable bonds is 2. The lowest BCUT2D eigenvalue weighted by Gasteiger charge is -2.12. The van der Waals surface area contributed by atoms with Crippen LogP contribution in [0.3, 0.4) is 0 Å². The highest BCUT2D eigenvalue weighted by Gasteiger charge is 2.35. The fraction of sp³-hybridized carbons (Fsp3) is 0.400. The molecular formula is C10H12FNO3. The van der Waals surface area contributed by atoms with Crippen molar-refractivity contribution in [2.24, 2.45) is 5.73 Å². The second-order valence-corrected chi connectivity index (χ2v) is 3.31. The number of aliphatic hydroxyl groups excluding tert-OH is 1. The highest BCUT2D eigenvalue weighted by molar-refractivity contribution is 5.45. The number of hydrogen-bond acceptors (Lipinski definition) is 4. The van der Waals surface area contributed by atoms with Gasteiger partial charge in [0.05, 0.1) is 0 Å². The van der Waals surface area contributed by atoms with Gasteiger partial charge in [-0.05, 0) is 12.1 Å². The van der Waals surface area contributed by atoms with Gasteiger partial charge in [-0.15, -0.1) is 0 Å². The molecule has 0 aromatic heterocycles. The first kappa shape index (κ1) is 10.4. The third-order valence-corrected chi connectivity index (χ3v) is 2.49. The number of nitrogens with two attached hydrogens (primary N) is 1. The molecule has 0 saturated carbocycles. The molecule has 4 nitrogen and oxygen atoms in total. The lowest BCUT2D eigenvalue weighted by Crippen LogP contribution is -2.21. The summed E-state index contributed by atoms with van der Waals surface area (Å²) in [6, 6.07) is 2.73. The minimum atomic E-state index is -0.987. The highest BCUT2D eigenvalue weighted by atomic mass is 19.1. The molecule has 2 atom stereocenters. The summed E-state index contributed by atoms with van der Waals surface area (Å²) in [5.41, 5.74) is 6.10. The molecule has 0 bridgehead atoms. The van der Waals surface area contributed by atoms with Crippen molar-refractivity contribution in [2.75, 3.05) is 7.11 Å². The monoisotopic (exact) mass is 213 g/mol. The van der Waals surface area contributed by atoms with E-state index in [0.717, 1.165) is 0 Å². The third-order valence-electron chi connectivity index (χ3n) is 2.49. The van der Waals surface area contributed by atoms with Crippen LogP contribution in [0.25, 0.3) is 0 Å². The van der Waals surface area contributed by atoms with Crippen LogP contribution in [0.5, 0.6) is 5.75 Å². The summed E-state index contributed by atoms with van der Waals surface area (Å²) in [6.45, 7) is 0.0197. The van der Waals surface area contributed by atoms with Crippen LogP contribution in [0.2, 0.25) is 0 Å². The van der Waals surface area contributed by atoms with Crippen molar-refractivity contribution in [1.29, 1.82) is 0 Å². The van der Waals surface area contributed by atoms with E-state index in [1.165, 1.54) is 19.2 Å². The average molecular weight is 213 g/mol. The van der Waals surface area contributed by atoms with Gasteiger partial charge < -0.3 is 20.3 Å². The molecule has 15 heavy (non-hydrogen) atoms. The number of ether oxygens (including phenoxy) is 2. The summed E-state index contributed by atoms with van der Waals surface area (Å²) in [5.74, 6) is -0.00754. The first-order chi connectivity index (χ1) is 7.19. The van der Waals surface area contributed by atoms with Gasteiger partial charge in [0.2, 0.25) is 6.29 Å². The number of fused-ring (bicyclic) bond motifs is 1. The van der Waals surface area contributed by atoms with Gasteiger partial charge in [-0.25, -0.2) is 4.39 Å². The third kappa shape index (κ3) is 1.49. The van der Waals surface area contributed by atoms with Crippen LogP contribution in [0.1, 0.15) is 17.2 Å². The van der Waals surface area contributed by atoms with E-state index in [2.05, 4.69) is 0 Å². The zero-order valence-corrected chi connectivity index (χ0v) is 8.24. The van der Waals surface area contributed by atoms with E-state index in [-0.39, 0.29) is 12.1 Å². The minimum absolute atomic E-state index is 0.0197. The number of halogens is 1. The molecule has 2 rings (SSSR count). The molecule has 0 spiro atoms. The van der Waals surface area contributed by atoms with Gasteiger partial charge in [0.15, 0.2) is 0 Å². The van der Waals surface area contributed by atoms with E-state index < -0.39 is 18.2 Å². The first-order valence-electron chi connectivity index (χ1n) is 4.58. The molecule has 1 aliphatic heterocycles. The first-order valence-corrected chi connectivity index (χ1v) is 4.58. The minimum Gasteiger partial charge on any atom is -0.461 e. The molecule has 1 aromatic carbocycles. The zero-order chi connectivity index (χ0) is 11.0. The molecule has 1 aromatic rings. The summed E-state index contributed by atoms with van der Waals surface area (Å²) in [6.07, 6.45) is -1.77. The van der Waals surface area contributed by atoms with Crippen LogP contribution in [0, 0.1) is 5.82 Å². The maximum absolute atomic E-state index is 13.4. The predicted molar refractivity (Wildman–Crippen MR) is 50.7 cm³/mol. The van der Waals surface area contributed by atoms with Crippen LogP contribution in [0.15, 0.2) is 12.1 Å². The highest BCUT2D eigenvalue weighted by Crippen LogP contribution is 2.39. The summed E-state index contributed by atoms with van der Waals surface area (Å²) >= 11 is 0. The Balaban J connectivity index is 2.50. The normalized spacial score (nSPS) is 23.7. The Morgan fingerprint density at radius 2 is 2.33 bits per heavy atom. The van der Waals surface area contributed by atoms with Gasteiger partial charge in [0, 0.05) is 24.8 Å². The number of aliphatic hydroxyl groups is 1. The van der Waals surface area contributed by atoms with Crippen molar-refractivity contribution < 1.29 is 19.0 Å². The van der Waals surface area contributed by atoms with Crippen LogP contribution in [-0.4, -0.2) is 18.5 Å². The largest absolute Gasteiger partial charge is 0.461 e. The molecule has 2 unspecified atom stereocenters. The van der Waals surface area contributed by atoms with Gasteiger partial charge >= 0.3 is 0 Å². The Bertz CT molecular complexity index is 383. The topological polar surface area (TPSA) is 64.7 Å². The van der Waals surface area contributed by atoms with Crippen molar-refractivity contribution in [3.63, 3.8) is 0 Å². The van der Waals surface area contributed by atoms with E-state index in [1.54, 1.807) is 0 Å². The van der Waals surface area contributed by atoms with Gasteiger partial charge in [-0.2, -0.15) is 0 Å².